The van der Waals surface area contributed by atoms with Crippen LogP contribution in [0.3, 0.4) is 0 Å². The SMILES string of the molecule is COc1cc(OC)c(C2(O)CCCCC2)c(O)c1C(=O)C=Cc1cccc(Cl)c1. The van der Waals surface area contributed by atoms with Gasteiger partial charge in [0, 0.05) is 11.1 Å². The lowest BCUT2D eigenvalue weighted by molar-refractivity contribution is -0.00462. The molecule has 0 bridgehead atoms. The molecule has 29 heavy (non-hydrogen) atoms. The van der Waals surface area contributed by atoms with Crippen molar-refractivity contribution in [2.24, 2.45) is 0 Å². The maximum Gasteiger partial charge on any atom is 0.193 e. The predicted octanol–water partition coefficient (Wildman–Crippen LogP) is 5.11. The van der Waals surface area contributed by atoms with Crippen LogP contribution in [0.25, 0.3) is 6.08 Å². The van der Waals surface area contributed by atoms with Gasteiger partial charge in [-0.1, -0.05) is 49.1 Å². The molecule has 0 saturated heterocycles. The van der Waals surface area contributed by atoms with Gasteiger partial charge in [0.1, 0.15) is 22.8 Å². The molecule has 0 amide bonds. The number of aromatic hydroxyl groups is 1. The molecule has 0 atom stereocenters. The summed E-state index contributed by atoms with van der Waals surface area (Å²) in [6.45, 7) is 0. The maximum absolute atomic E-state index is 13.0. The molecule has 5 nitrogen and oxygen atoms in total. The van der Waals surface area contributed by atoms with Crippen molar-refractivity contribution in [1.29, 1.82) is 0 Å². The van der Waals surface area contributed by atoms with Crippen molar-refractivity contribution in [3.05, 3.63) is 58.1 Å². The highest BCUT2D eigenvalue weighted by atomic mass is 35.5. The smallest absolute Gasteiger partial charge is 0.193 e. The number of carbonyl (C=O) groups is 1. The molecule has 1 fully saturated rings. The third kappa shape index (κ3) is 4.41. The van der Waals surface area contributed by atoms with Crippen LogP contribution in [0.5, 0.6) is 17.2 Å². The first-order chi connectivity index (χ1) is 13.9. The summed E-state index contributed by atoms with van der Waals surface area (Å²) in [5.41, 5.74) is -0.240. The summed E-state index contributed by atoms with van der Waals surface area (Å²) in [4.78, 5) is 13.0. The Morgan fingerprint density at radius 3 is 2.41 bits per heavy atom. The lowest BCUT2D eigenvalue weighted by Gasteiger charge is -2.34. The van der Waals surface area contributed by atoms with E-state index >= 15 is 0 Å². The molecule has 0 unspecified atom stereocenters. The van der Waals surface area contributed by atoms with Crippen LogP contribution in [-0.2, 0) is 5.60 Å². The second kappa shape index (κ2) is 8.89. The first-order valence-corrected chi connectivity index (χ1v) is 9.96. The van der Waals surface area contributed by atoms with Crippen molar-refractivity contribution < 1.29 is 24.5 Å². The van der Waals surface area contributed by atoms with Crippen molar-refractivity contribution in [3.8, 4) is 17.2 Å². The fourth-order valence-corrected chi connectivity index (χ4v) is 4.08. The number of ether oxygens (including phenoxy) is 2. The van der Waals surface area contributed by atoms with Crippen molar-refractivity contribution in [2.75, 3.05) is 14.2 Å². The van der Waals surface area contributed by atoms with Crippen LogP contribution < -0.4 is 9.47 Å². The number of hydrogen-bond acceptors (Lipinski definition) is 5. The second-order valence-electron chi connectivity index (χ2n) is 7.22. The molecule has 0 radical (unpaired) electrons. The highest BCUT2D eigenvalue weighted by Crippen LogP contribution is 2.49. The van der Waals surface area contributed by atoms with E-state index in [1.807, 2.05) is 6.07 Å². The zero-order chi connectivity index (χ0) is 21.0. The molecule has 1 aliphatic carbocycles. The number of rotatable bonds is 6. The van der Waals surface area contributed by atoms with Gasteiger partial charge in [0.05, 0.1) is 25.4 Å². The lowest BCUT2D eigenvalue weighted by Crippen LogP contribution is -2.29. The Kier molecular flexibility index (Phi) is 6.50. The van der Waals surface area contributed by atoms with Gasteiger partial charge in [-0.15, -0.1) is 0 Å². The van der Waals surface area contributed by atoms with Gasteiger partial charge in [0.2, 0.25) is 0 Å². The normalized spacial score (nSPS) is 16.0. The van der Waals surface area contributed by atoms with E-state index in [4.69, 9.17) is 21.1 Å². The molecule has 0 aromatic heterocycles. The van der Waals surface area contributed by atoms with Crippen LogP contribution in [-0.4, -0.2) is 30.2 Å². The van der Waals surface area contributed by atoms with E-state index in [-0.39, 0.29) is 22.6 Å². The average molecular weight is 417 g/mol. The largest absolute Gasteiger partial charge is 0.506 e. The molecule has 0 heterocycles. The molecule has 2 aromatic carbocycles. The topological polar surface area (TPSA) is 76.0 Å². The van der Waals surface area contributed by atoms with E-state index in [1.165, 1.54) is 20.3 Å². The number of aliphatic hydroxyl groups is 1. The van der Waals surface area contributed by atoms with Gasteiger partial charge in [0.15, 0.2) is 5.78 Å². The van der Waals surface area contributed by atoms with Gasteiger partial charge in [0.25, 0.3) is 0 Å². The Morgan fingerprint density at radius 1 is 1.10 bits per heavy atom. The first kappa shape index (κ1) is 21.2. The van der Waals surface area contributed by atoms with Crippen molar-refractivity contribution in [3.63, 3.8) is 0 Å². The molecular formula is C23H25ClO5. The Morgan fingerprint density at radius 2 is 1.79 bits per heavy atom. The number of hydrogen-bond donors (Lipinski definition) is 2. The van der Waals surface area contributed by atoms with Gasteiger partial charge in [-0.2, -0.15) is 0 Å². The molecule has 6 heteroatoms. The Balaban J connectivity index is 2.07. The van der Waals surface area contributed by atoms with Gasteiger partial charge in [-0.05, 0) is 36.6 Å². The average Bonchev–Trinajstić information content (AvgIpc) is 2.71. The first-order valence-electron chi connectivity index (χ1n) is 9.58. The number of ketones is 1. The summed E-state index contributed by atoms with van der Waals surface area (Å²) in [6, 6.07) is 8.62. The number of halogens is 1. The molecule has 2 aromatic rings. The van der Waals surface area contributed by atoms with Crippen LogP contribution in [0, 0.1) is 0 Å². The maximum atomic E-state index is 13.0. The van der Waals surface area contributed by atoms with E-state index in [0.717, 1.165) is 24.8 Å². The van der Waals surface area contributed by atoms with Crippen LogP contribution in [0.1, 0.15) is 53.6 Å². The van der Waals surface area contributed by atoms with Crippen LogP contribution in [0.2, 0.25) is 5.02 Å². The summed E-state index contributed by atoms with van der Waals surface area (Å²) in [5.74, 6) is -0.253. The molecule has 3 rings (SSSR count). The minimum atomic E-state index is -1.24. The van der Waals surface area contributed by atoms with E-state index in [0.29, 0.717) is 23.6 Å². The summed E-state index contributed by atoms with van der Waals surface area (Å²) >= 11 is 5.99. The summed E-state index contributed by atoms with van der Waals surface area (Å²) in [7, 11) is 2.88. The Labute approximate surface area is 175 Å². The molecular weight excluding hydrogens is 392 g/mol. The van der Waals surface area contributed by atoms with Crippen LogP contribution in [0.4, 0.5) is 0 Å². The zero-order valence-electron chi connectivity index (χ0n) is 16.6. The third-order valence-electron chi connectivity index (χ3n) is 5.34. The number of carbonyl (C=O) groups excluding carboxylic acids is 1. The third-order valence-corrected chi connectivity index (χ3v) is 5.57. The minimum Gasteiger partial charge on any atom is -0.506 e. The van der Waals surface area contributed by atoms with Gasteiger partial charge in [-0.3, -0.25) is 4.79 Å². The highest BCUT2D eigenvalue weighted by Gasteiger charge is 2.39. The van der Waals surface area contributed by atoms with E-state index in [1.54, 1.807) is 30.3 Å². The number of phenols is 1. The van der Waals surface area contributed by atoms with Crippen molar-refractivity contribution >= 4 is 23.5 Å². The number of phenolic OH excluding ortho intramolecular Hbond substituents is 1. The molecule has 1 saturated carbocycles. The van der Waals surface area contributed by atoms with E-state index < -0.39 is 11.4 Å². The minimum absolute atomic E-state index is 0.000534. The number of methoxy groups -OCH3 is 2. The zero-order valence-corrected chi connectivity index (χ0v) is 17.3. The van der Waals surface area contributed by atoms with Crippen molar-refractivity contribution in [1.82, 2.24) is 0 Å². The van der Waals surface area contributed by atoms with Crippen molar-refractivity contribution in [2.45, 2.75) is 37.7 Å². The quantitative estimate of drug-likeness (QED) is 0.505. The Hall–Kier alpha value is -2.50. The van der Waals surface area contributed by atoms with Gasteiger partial charge in [-0.25, -0.2) is 0 Å². The Bertz CT molecular complexity index is 929. The summed E-state index contributed by atoms with van der Waals surface area (Å²) in [6.07, 6.45) is 6.66. The molecule has 154 valence electrons. The number of benzene rings is 2. The lowest BCUT2D eigenvalue weighted by atomic mass is 9.78. The summed E-state index contributed by atoms with van der Waals surface area (Å²) in [5, 5.41) is 22.8. The highest BCUT2D eigenvalue weighted by molar-refractivity contribution is 6.30. The van der Waals surface area contributed by atoms with E-state index in [2.05, 4.69) is 0 Å². The standard InChI is InChI=1S/C23H25ClO5/c1-28-18-14-19(29-2)21(23(27)11-4-3-5-12-23)22(26)20(18)17(25)10-9-15-7-6-8-16(24)13-15/h6-10,13-14,26-27H,3-5,11-12H2,1-2H3. The molecule has 0 aliphatic heterocycles. The van der Waals surface area contributed by atoms with Gasteiger partial charge < -0.3 is 19.7 Å². The fraction of sp³-hybridized carbons (Fsp3) is 0.348. The monoisotopic (exact) mass is 416 g/mol. The van der Waals surface area contributed by atoms with Crippen LogP contribution >= 0.6 is 11.6 Å². The predicted molar refractivity (Wildman–Crippen MR) is 113 cm³/mol. The molecule has 2 N–H and O–H groups in total. The molecule has 0 spiro atoms. The van der Waals surface area contributed by atoms with E-state index in [9.17, 15) is 15.0 Å². The fourth-order valence-electron chi connectivity index (χ4n) is 3.88. The molecule has 1 aliphatic rings. The van der Waals surface area contributed by atoms with Gasteiger partial charge >= 0.3 is 0 Å². The second-order valence-corrected chi connectivity index (χ2v) is 7.66. The number of allylic oxidation sites excluding steroid dienone is 1. The van der Waals surface area contributed by atoms with Crippen LogP contribution in [0.15, 0.2) is 36.4 Å². The summed E-state index contributed by atoms with van der Waals surface area (Å²) < 4.78 is 10.8.